The second kappa shape index (κ2) is 5.67. The Kier molecular flexibility index (Phi) is 4.73. The van der Waals surface area contributed by atoms with Gasteiger partial charge in [0.1, 0.15) is 0 Å². The second-order valence-corrected chi connectivity index (χ2v) is 5.85. The molecule has 0 bridgehead atoms. The van der Waals surface area contributed by atoms with E-state index in [4.69, 9.17) is 5.73 Å². The minimum Gasteiger partial charge on any atom is -0.469 e. The number of ether oxygens (including phenoxy) is 1. The highest BCUT2D eigenvalue weighted by Gasteiger charge is 2.46. The predicted molar refractivity (Wildman–Crippen MR) is 73.7 cm³/mol. The monoisotopic (exact) mass is 303 g/mol. The van der Waals surface area contributed by atoms with Gasteiger partial charge in [-0.3, -0.25) is 4.79 Å². The Balaban J connectivity index is 3.52. The number of benzene rings is 1. The molecular weight excluding hydrogens is 283 g/mol. The van der Waals surface area contributed by atoms with Crippen molar-refractivity contribution in [1.29, 1.82) is 0 Å². The Morgan fingerprint density at radius 2 is 1.62 bits per heavy atom. The van der Waals surface area contributed by atoms with Gasteiger partial charge >= 0.3 is 12.1 Å². The number of hydrogen-bond acceptors (Lipinski definition) is 3. The molecular formula is C15H20F3NO2. The average Bonchev–Trinajstić information content (AvgIpc) is 2.36. The van der Waals surface area contributed by atoms with Crippen LogP contribution in [0.2, 0.25) is 0 Å². The molecule has 0 saturated heterocycles. The van der Waals surface area contributed by atoms with Gasteiger partial charge in [-0.15, -0.1) is 0 Å². The van der Waals surface area contributed by atoms with Gasteiger partial charge in [-0.1, -0.05) is 25.1 Å². The van der Waals surface area contributed by atoms with Crippen LogP contribution in [0.1, 0.15) is 38.3 Å². The van der Waals surface area contributed by atoms with Crippen molar-refractivity contribution in [2.24, 2.45) is 5.73 Å². The van der Waals surface area contributed by atoms with Crippen molar-refractivity contribution < 1.29 is 22.7 Å². The molecule has 2 N–H and O–H groups in total. The van der Waals surface area contributed by atoms with Gasteiger partial charge < -0.3 is 10.5 Å². The lowest BCUT2D eigenvalue weighted by Gasteiger charge is -2.42. The molecule has 21 heavy (non-hydrogen) atoms. The minimum atomic E-state index is -4.51. The minimum absolute atomic E-state index is 0.00426. The number of rotatable bonds is 4. The highest BCUT2D eigenvalue weighted by Crippen LogP contribution is 2.43. The highest BCUT2D eigenvalue weighted by molar-refractivity contribution is 5.72. The molecule has 0 spiro atoms. The molecule has 3 nitrogen and oxygen atoms in total. The van der Waals surface area contributed by atoms with Crippen LogP contribution in [0.3, 0.4) is 0 Å². The van der Waals surface area contributed by atoms with Crippen LogP contribution in [0, 0.1) is 0 Å². The standard InChI is InChI=1S/C15H20F3NO2/c1-13(2,19)14(3,9-12(20)21-4)10-7-5-6-8-11(10)15(16,17)18/h5-8H,9,19H2,1-4H3. The molecule has 0 aromatic heterocycles. The van der Waals surface area contributed by atoms with E-state index in [9.17, 15) is 18.0 Å². The summed E-state index contributed by atoms with van der Waals surface area (Å²) in [5, 5.41) is 0. The third-order valence-electron chi connectivity index (χ3n) is 3.97. The first-order valence-electron chi connectivity index (χ1n) is 6.46. The summed E-state index contributed by atoms with van der Waals surface area (Å²) < 4.78 is 44.3. The Hall–Kier alpha value is -1.56. The quantitative estimate of drug-likeness (QED) is 0.869. The van der Waals surface area contributed by atoms with Crippen LogP contribution in [0.5, 0.6) is 0 Å². The van der Waals surface area contributed by atoms with E-state index < -0.39 is 28.7 Å². The molecule has 118 valence electrons. The third kappa shape index (κ3) is 3.56. The van der Waals surface area contributed by atoms with E-state index in [1.807, 2.05) is 0 Å². The van der Waals surface area contributed by atoms with E-state index in [0.29, 0.717) is 0 Å². The number of alkyl halides is 3. The smallest absolute Gasteiger partial charge is 0.416 e. The molecule has 1 aromatic rings. The maximum atomic E-state index is 13.2. The van der Waals surface area contributed by atoms with Crippen LogP contribution in [0.25, 0.3) is 0 Å². The molecule has 0 radical (unpaired) electrons. The number of carbonyl (C=O) groups is 1. The largest absolute Gasteiger partial charge is 0.469 e. The molecule has 1 atom stereocenters. The van der Waals surface area contributed by atoms with Crippen molar-refractivity contribution in [3.63, 3.8) is 0 Å². The van der Waals surface area contributed by atoms with E-state index in [-0.39, 0.29) is 12.0 Å². The zero-order valence-corrected chi connectivity index (χ0v) is 12.5. The molecule has 0 saturated carbocycles. The molecule has 0 aliphatic carbocycles. The fourth-order valence-electron chi connectivity index (χ4n) is 2.24. The third-order valence-corrected chi connectivity index (χ3v) is 3.97. The number of nitrogens with two attached hydrogens (primary N) is 1. The molecule has 6 heteroatoms. The number of carbonyl (C=O) groups excluding carboxylic acids is 1. The van der Waals surface area contributed by atoms with Gasteiger partial charge in [0.2, 0.25) is 0 Å². The lowest BCUT2D eigenvalue weighted by molar-refractivity contribution is -0.144. The average molecular weight is 303 g/mol. The zero-order chi connectivity index (χ0) is 16.5. The van der Waals surface area contributed by atoms with E-state index in [1.165, 1.54) is 25.3 Å². The van der Waals surface area contributed by atoms with Crippen molar-refractivity contribution in [3.05, 3.63) is 35.4 Å². The van der Waals surface area contributed by atoms with Gasteiger partial charge in [-0.25, -0.2) is 0 Å². The summed E-state index contributed by atoms with van der Waals surface area (Å²) in [5.74, 6) is -0.604. The molecule has 0 heterocycles. The fourth-order valence-corrected chi connectivity index (χ4v) is 2.24. The second-order valence-electron chi connectivity index (χ2n) is 5.85. The lowest BCUT2D eigenvalue weighted by Crippen LogP contribution is -2.54. The first-order chi connectivity index (χ1) is 9.43. The van der Waals surface area contributed by atoms with E-state index >= 15 is 0 Å². The van der Waals surface area contributed by atoms with Gasteiger partial charge in [0.25, 0.3) is 0 Å². The number of halogens is 3. The first-order valence-corrected chi connectivity index (χ1v) is 6.46. The van der Waals surface area contributed by atoms with E-state index in [0.717, 1.165) is 6.07 Å². The van der Waals surface area contributed by atoms with Gasteiger partial charge in [0, 0.05) is 11.0 Å². The summed E-state index contributed by atoms with van der Waals surface area (Å²) in [5.41, 5.74) is 3.03. The molecule has 0 fully saturated rings. The van der Waals surface area contributed by atoms with Crippen molar-refractivity contribution in [3.8, 4) is 0 Å². The number of esters is 1. The highest BCUT2D eigenvalue weighted by atomic mass is 19.4. The maximum absolute atomic E-state index is 13.2. The van der Waals surface area contributed by atoms with Gasteiger partial charge in [0.15, 0.2) is 0 Å². The van der Waals surface area contributed by atoms with E-state index in [1.54, 1.807) is 20.8 Å². The molecule has 1 unspecified atom stereocenters. The van der Waals surface area contributed by atoms with Crippen LogP contribution in [0.15, 0.2) is 24.3 Å². The Morgan fingerprint density at radius 3 is 2.00 bits per heavy atom. The van der Waals surface area contributed by atoms with Gasteiger partial charge in [0.05, 0.1) is 19.1 Å². The van der Waals surface area contributed by atoms with Crippen LogP contribution >= 0.6 is 0 Å². The molecule has 0 aliphatic heterocycles. The van der Waals surface area contributed by atoms with Crippen molar-refractivity contribution >= 4 is 5.97 Å². The summed E-state index contributed by atoms with van der Waals surface area (Å²) >= 11 is 0. The normalized spacial score (nSPS) is 15.4. The Labute approximate surface area is 122 Å². The van der Waals surface area contributed by atoms with Gasteiger partial charge in [-0.2, -0.15) is 13.2 Å². The molecule has 1 rings (SSSR count). The summed E-state index contributed by atoms with van der Waals surface area (Å²) in [6.45, 7) is 4.75. The molecule has 1 aromatic carbocycles. The molecule has 0 aliphatic rings. The summed E-state index contributed by atoms with van der Waals surface area (Å²) in [4.78, 5) is 11.6. The predicted octanol–water partition coefficient (Wildman–Crippen LogP) is 3.26. The van der Waals surface area contributed by atoms with Gasteiger partial charge in [-0.05, 0) is 25.5 Å². The Morgan fingerprint density at radius 1 is 1.14 bits per heavy atom. The summed E-state index contributed by atoms with van der Waals surface area (Å²) in [6, 6.07) is 5.18. The van der Waals surface area contributed by atoms with Crippen molar-refractivity contribution in [2.45, 2.75) is 44.3 Å². The van der Waals surface area contributed by atoms with Crippen LogP contribution in [0.4, 0.5) is 13.2 Å². The summed E-state index contributed by atoms with van der Waals surface area (Å²) in [7, 11) is 1.20. The van der Waals surface area contributed by atoms with Crippen LogP contribution < -0.4 is 5.73 Å². The van der Waals surface area contributed by atoms with Crippen LogP contribution in [-0.4, -0.2) is 18.6 Å². The van der Waals surface area contributed by atoms with Crippen molar-refractivity contribution in [2.75, 3.05) is 7.11 Å². The first kappa shape index (κ1) is 17.5. The SMILES string of the molecule is COC(=O)CC(C)(c1ccccc1C(F)(F)F)C(C)(C)N. The Bertz CT molecular complexity index is 520. The van der Waals surface area contributed by atoms with E-state index in [2.05, 4.69) is 4.74 Å². The van der Waals surface area contributed by atoms with Crippen molar-refractivity contribution in [1.82, 2.24) is 0 Å². The number of methoxy groups -OCH3 is 1. The zero-order valence-electron chi connectivity index (χ0n) is 12.5. The topological polar surface area (TPSA) is 52.3 Å². The lowest BCUT2D eigenvalue weighted by atomic mass is 9.65. The maximum Gasteiger partial charge on any atom is 0.416 e. The summed E-state index contributed by atoms with van der Waals surface area (Å²) in [6.07, 6.45) is -4.75. The fraction of sp³-hybridized carbons (Fsp3) is 0.533. The number of hydrogen-bond donors (Lipinski definition) is 1. The molecule has 0 amide bonds. The van der Waals surface area contributed by atoms with Crippen LogP contribution in [-0.2, 0) is 21.1 Å².